The van der Waals surface area contributed by atoms with E-state index in [0.717, 1.165) is 23.1 Å². The molecule has 0 spiro atoms. The van der Waals surface area contributed by atoms with Crippen LogP contribution in [0.3, 0.4) is 0 Å². The number of fused-ring (bicyclic) bond motifs is 1. The Morgan fingerprint density at radius 2 is 1.75 bits per heavy atom. The van der Waals surface area contributed by atoms with Gasteiger partial charge in [-0.25, -0.2) is 18.2 Å². The van der Waals surface area contributed by atoms with Gasteiger partial charge in [0.1, 0.15) is 15.6 Å². The van der Waals surface area contributed by atoms with Crippen molar-refractivity contribution in [3.63, 3.8) is 0 Å². The Balaban J connectivity index is 1.87. The van der Waals surface area contributed by atoms with Gasteiger partial charge < -0.3 is 19.2 Å². The summed E-state index contributed by atoms with van der Waals surface area (Å²) in [5, 5.41) is 0. The van der Waals surface area contributed by atoms with Crippen molar-refractivity contribution in [2.24, 2.45) is 0 Å². The number of nitrogens with one attached hydrogen (secondary N) is 1. The van der Waals surface area contributed by atoms with E-state index in [9.17, 15) is 13.2 Å². The summed E-state index contributed by atoms with van der Waals surface area (Å²) in [5.74, 6) is 1.07. The quantitative estimate of drug-likeness (QED) is 0.344. The van der Waals surface area contributed by atoms with E-state index < -0.39 is 21.6 Å². The molecule has 4 rings (SSSR count). The minimum atomic E-state index is -3.49. The number of hydrogen-bond acceptors (Lipinski definition) is 7. The second-order valence-electron chi connectivity index (χ2n) is 8.25. The third-order valence-electron chi connectivity index (χ3n) is 5.68. The lowest BCUT2D eigenvalue weighted by atomic mass is 10.0. The summed E-state index contributed by atoms with van der Waals surface area (Å²) in [6.07, 6.45) is 1.13. The van der Waals surface area contributed by atoms with Crippen molar-refractivity contribution in [3.05, 3.63) is 70.8 Å². The van der Waals surface area contributed by atoms with Gasteiger partial charge in [-0.05, 0) is 49.7 Å². The number of pyridine rings is 1. The second-order valence-corrected chi connectivity index (χ2v) is 10.4. The molecule has 0 saturated carbocycles. The van der Waals surface area contributed by atoms with E-state index in [1.165, 1.54) is 11.7 Å². The molecular formula is C26H29N3O6S. The van der Waals surface area contributed by atoms with Gasteiger partial charge in [0.2, 0.25) is 0 Å². The summed E-state index contributed by atoms with van der Waals surface area (Å²) in [6.45, 7) is 4.61. The molecule has 0 bridgehead atoms. The number of rotatable bonds is 10. The van der Waals surface area contributed by atoms with Gasteiger partial charge in [0, 0.05) is 11.8 Å². The predicted molar refractivity (Wildman–Crippen MR) is 139 cm³/mol. The normalized spacial score (nSPS) is 12.4. The lowest BCUT2D eigenvalue weighted by Crippen LogP contribution is -2.29. The Morgan fingerprint density at radius 3 is 2.44 bits per heavy atom. The molecule has 0 radical (unpaired) electrons. The first-order chi connectivity index (χ1) is 17.3. The van der Waals surface area contributed by atoms with Crippen molar-refractivity contribution in [2.45, 2.75) is 19.9 Å². The molecule has 0 aliphatic rings. The number of aromatic amines is 1. The number of sulfone groups is 1. The number of benzene rings is 2. The van der Waals surface area contributed by atoms with Crippen molar-refractivity contribution < 1.29 is 22.6 Å². The monoisotopic (exact) mass is 511 g/mol. The van der Waals surface area contributed by atoms with Crippen molar-refractivity contribution in [3.8, 4) is 28.5 Å². The summed E-state index contributed by atoms with van der Waals surface area (Å²) in [6, 6.07) is 15.6. The van der Waals surface area contributed by atoms with Crippen LogP contribution in [0.25, 0.3) is 22.2 Å². The lowest BCUT2D eigenvalue weighted by molar-refractivity contribution is 0.296. The molecule has 0 aliphatic carbocycles. The van der Waals surface area contributed by atoms with Crippen LogP contribution in [0.15, 0.2) is 59.4 Å². The Labute approximate surface area is 209 Å². The molecule has 0 aliphatic heterocycles. The molecule has 0 fully saturated rings. The van der Waals surface area contributed by atoms with E-state index >= 15 is 0 Å². The van der Waals surface area contributed by atoms with Crippen LogP contribution in [0.5, 0.6) is 17.4 Å². The molecule has 0 saturated heterocycles. The number of para-hydroxylation sites is 1. The van der Waals surface area contributed by atoms with Crippen LogP contribution >= 0.6 is 0 Å². The first-order valence-electron chi connectivity index (χ1n) is 11.6. The van der Waals surface area contributed by atoms with Crippen molar-refractivity contribution in [2.75, 3.05) is 32.3 Å². The Bertz CT molecular complexity index is 1540. The smallest absolute Gasteiger partial charge is 0.327 e. The van der Waals surface area contributed by atoms with E-state index in [1.807, 2.05) is 50.2 Å². The maximum absolute atomic E-state index is 13.2. The van der Waals surface area contributed by atoms with Gasteiger partial charge in [-0.15, -0.1) is 0 Å². The molecule has 190 valence electrons. The zero-order valence-corrected chi connectivity index (χ0v) is 21.5. The molecule has 2 aromatic carbocycles. The molecule has 0 amide bonds. The first kappa shape index (κ1) is 25.3. The number of methoxy groups -OCH3 is 1. The number of imidazole rings is 1. The lowest BCUT2D eigenvalue weighted by Gasteiger charge is -2.19. The second kappa shape index (κ2) is 10.4. The van der Waals surface area contributed by atoms with E-state index in [2.05, 4.69) is 9.97 Å². The fourth-order valence-electron chi connectivity index (χ4n) is 4.20. The van der Waals surface area contributed by atoms with Gasteiger partial charge in [-0.2, -0.15) is 0 Å². The third kappa shape index (κ3) is 5.23. The molecule has 9 nitrogen and oxygen atoms in total. The zero-order valence-electron chi connectivity index (χ0n) is 20.6. The van der Waals surface area contributed by atoms with Gasteiger partial charge in [0.05, 0.1) is 48.8 Å². The molecule has 36 heavy (non-hydrogen) atoms. The molecule has 2 heterocycles. The van der Waals surface area contributed by atoms with Crippen LogP contribution in [0, 0.1) is 0 Å². The fourth-order valence-corrected chi connectivity index (χ4v) is 5.09. The molecule has 2 aromatic heterocycles. The summed E-state index contributed by atoms with van der Waals surface area (Å²) in [7, 11) is -1.99. The average Bonchev–Trinajstić information content (AvgIpc) is 3.17. The van der Waals surface area contributed by atoms with Crippen LogP contribution < -0.4 is 19.9 Å². The summed E-state index contributed by atoms with van der Waals surface area (Å²) in [5.41, 5.74) is 2.81. The molecule has 10 heteroatoms. The van der Waals surface area contributed by atoms with Crippen molar-refractivity contribution in [1.29, 1.82) is 0 Å². The molecule has 0 unspecified atom stereocenters. The number of hydrogen-bond donors (Lipinski definition) is 1. The summed E-state index contributed by atoms with van der Waals surface area (Å²) in [4.78, 5) is 20.6. The number of H-pyrrole nitrogens is 1. The molecule has 4 aromatic rings. The Hall–Kier alpha value is -3.79. The maximum Gasteiger partial charge on any atom is 0.327 e. The summed E-state index contributed by atoms with van der Waals surface area (Å²) >= 11 is 0. The van der Waals surface area contributed by atoms with Crippen LogP contribution in [-0.4, -0.2) is 55.3 Å². The highest BCUT2D eigenvalue weighted by Crippen LogP contribution is 2.33. The first-order valence-corrected chi connectivity index (χ1v) is 13.6. The maximum atomic E-state index is 13.2. The largest absolute Gasteiger partial charge is 0.493 e. The highest BCUT2D eigenvalue weighted by atomic mass is 32.2. The molecular weight excluding hydrogens is 482 g/mol. The van der Waals surface area contributed by atoms with Gasteiger partial charge in [-0.1, -0.05) is 24.3 Å². The Kier molecular flexibility index (Phi) is 7.35. The molecule has 1 N–H and O–H groups in total. The van der Waals surface area contributed by atoms with Gasteiger partial charge >= 0.3 is 5.69 Å². The minimum absolute atomic E-state index is 0.235. The summed E-state index contributed by atoms with van der Waals surface area (Å²) < 4.78 is 42.9. The van der Waals surface area contributed by atoms with Crippen molar-refractivity contribution in [1.82, 2.24) is 14.5 Å². The van der Waals surface area contributed by atoms with Crippen LogP contribution in [0.4, 0.5) is 0 Å². The predicted octanol–water partition coefficient (Wildman–Crippen LogP) is 3.83. The van der Waals surface area contributed by atoms with E-state index in [-0.39, 0.29) is 11.6 Å². The van der Waals surface area contributed by atoms with Crippen LogP contribution in [0.1, 0.15) is 25.6 Å². The number of ether oxygens (including phenoxy) is 3. The van der Waals surface area contributed by atoms with E-state index in [0.29, 0.717) is 35.7 Å². The standard InChI is InChI=1S/C26H29N3O6S/c1-5-34-23-10-8-7-9-18(23)17-11-13-21-20(15-17)28-26(30)29(21)22(16-36(4,31)32)19-12-14-24(33-3)25(27-19)35-6-2/h7-15,22H,5-6,16H2,1-4H3,(H,28,30)/t22-/m0/s1. The number of aromatic nitrogens is 3. The number of nitrogens with zero attached hydrogens (tertiary/aromatic N) is 2. The van der Waals surface area contributed by atoms with Gasteiger partial charge in [-0.3, -0.25) is 4.57 Å². The highest BCUT2D eigenvalue weighted by molar-refractivity contribution is 7.90. The topological polar surface area (TPSA) is 113 Å². The van der Waals surface area contributed by atoms with Crippen LogP contribution in [-0.2, 0) is 9.84 Å². The third-order valence-corrected chi connectivity index (χ3v) is 6.60. The fraction of sp³-hybridized carbons (Fsp3) is 0.308. The molecule has 1 atom stereocenters. The van der Waals surface area contributed by atoms with Crippen molar-refractivity contribution >= 4 is 20.9 Å². The average molecular weight is 512 g/mol. The van der Waals surface area contributed by atoms with E-state index in [4.69, 9.17) is 14.2 Å². The van der Waals surface area contributed by atoms with Gasteiger partial charge in [0.15, 0.2) is 5.75 Å². The highest BCUT2D eigenvalue weighted by Gasteiger charge is 2.26. The van der Waals surface area contributed by atoms with Gasteiger partial charge in [0.25, 0.3) is 5.88 Å². The minimum Gasteiger partial charge on any atom is -0.493 e. The van der Waals surface area contributed by atoms with E-state index in [1.54, 1.807) is 18.2 Å². The van der Waals surface area contributed by atoms with Crippen LogP contribution in [0.2, 0.25) is 0 Å². The SMILES string of the molecule is CCOc1ccccc1-c1ccc2c(c1)[nH]c(=O)n2[C@@H](CS(C)(=O)=O)c1ccc(OC)c(OCC)n1. The zero-order chi connectivity index (χ0) is 25.9. The Morgan fingerprint density at radius 1 is 1.00 bits per heavy atom.